The summed E-state index contributed by atoms with van der Waals surface area (Å²) in [5.74, 6) is 0.775. The summed E-state index contributed by atoms with van der Waals surface area (Å²) in [5, 5.41) is 5.77. The number of hydrogen-bond acceptors (Lipinski definition) is 6. The van der Waals surface area contributed by atoms with Gasteiger partial charge in [-0.3, -0.25) is 19.4 Å². The molecule has 0 bridgehead atoms. The number of methoxy groups -OCH3 is 2. The van der Waals surface area contributed by atoms with Crippen LogP contribution in [0.3, 0.4) is 0 Å². The van der Waals surface area contributed by atoms with Gasteiger partial charge >= 0.3 is 0 Å². The van der Waals surface area contributed by atoms with E-state index >= 15 is 0 Å². The lowest BCUT2D eigenvalue weighted by Gasteiger charge is -2.33. The van der Waals surface area contributed by atoms with Gasteiger partial charge in [-0.15, -0.1) is 0 Å². The van der Waals surface area contributed by atoms with Crippen molar-refractivity contribution in [3.05, 3.63) is 29.8 Å². The number of carbonyl (C=O) groups excluding carboxylic acids is 2. The van der Waals surface area contributed by atoms with Crippen LogP contribution in [0.5, 0.6) is 5.75 Å². The topological polar surface area (TPSA) is 83.1 Å². The first kappa shape index (κ1) is 21.1. The number of nitrogens with zero attached hydrogens (tertiary/aromatic N) is 2. The van der Waals surface area contributed by atoms with E-state index < -0.39 is 0 Å². The maximum atomic E-state index is 12.2. The van der Waals surface area contributed by atoms with Gasteiger partial charge in [0.15, 0.2) is 0 Å². The van der Waals surface area contributed by atoms with Crippen molar-refractivity contribution in [3.63, 3.8) is 0 Å². The van der Waals surface area contributed by atoms with Crippen molar-refractivity contribution >= 4 is 11.8 Å². The summed E-state index contributed by atoms with van der Waals surface area (Å²) in [6, 6.07) is 7.65. The van der Waals surface area contributed by atoms with E-state index in [-0.39, 0.29) is 11.8 Å². The smallest absolute Gasteiger partial charge is 0.234 e. The molecule has 0 unspecified atom stereocenters. The van der Waals surface area contributed by atoms with Crippen LogP contribution in [0, 0.1) is 0 Å². The number of carbonyl (C=O) groups is 2. The van der Waals surface area contributed by atoms with Crippen molar-refractivity contribution in [2.24, 2.45) is 0 Å². The Kier molecular flexibility index (Phi) is 9.03. The molecular weight excluding hydrogens is 348 g/mol. The van der Waals surface area contributed by atoms with Crippen molar-refractivity contribution in [1.29, 1.82) is 0 Å². The van der Waals surface area contributed by atoms with Crippen LogP contribution in [0.2, 0.25) is 0 Å². The van der Waals surface area contributed by atoms with E-state index in [2.05, 4.69) is 20.4 Å². The van der Waals surface area contributed by atoms with E-state index in [0.717, 1.165) is 37.5 Å². The highest BCUT2D eigenvalue weighted by Gasteiger charge is 2.20. The predicted molar refractivity (Wildman–Crippen MR) is 103 cm³/mol. The van der Waals surface area contributed by atoms with Crippen molar-refractivity contribution in [1.82, 2.24) is 20.4 Å². The van der Waals surface area contributed by atoms with E-state index in [1.165, 1.54) is 0 Å². The Morgan fingerprint density at radius 3 is 2.15 bits per heavy atom. The van der Waals surface area contributed by atoms with Gasteiger partial charge in [0.1, 0.15) is 5.75 Å². The SMILES string of the molecule is COCCNC(=O)CN1CCN(CC(=O)NCc2ccccc2OC)CC1. The van der Waals surface area contributed by atoms with Gasteiger partial charge in [-0.1, -0.05) is 18.2 Å². The first-order valence-electron chi connectivity index (χ1n) is 9.21. The van der Waals surface area contributed by atoms with Crippen LogP contribution in [-0.4, -0.2) is 88.3 Å². The Balaban J connectivity index is 1.65. The average Bonchev–Trinajstić information content (AvgIpc) is 2.68. The third kappa shape index (κ3) is 7.54. The largest absolute Gasteiger partial charge is 0.496 e. The summed E-state index contributed by atoms with van der Waals surface area (Å²) >= 11 is 0. The zero-order valence-corrected chi connectivity index (χ0v) is 16.2. The number of rotatable bonds is 10. The van der Waals surface area contributed by atoms with Gasteiger partial charge in [0.05, 0.1) is 26.8 Å². The molecule has 1 saturated heterocycles. The van der Waals surface area contributed by atoms with E-state index in [1.54, 1.807) is 14.2 Å². The first-order chi connectivity index (χ1) is 13.1. The summed E-state index contributed by atoms with van der Waals surface area (Å²) in [6.07, 6.45) is 0. The second-order valence-electron chi connectivity index (χ2n) is 6.48. The van der Waals surface area contributed by atoms with Crippen LogP contribution in [0.4, 0.5) is 0 Å². The van der Waals surface area contributed by atoms with Crippen LogP contribution < -0.4 is 15.4 Å². The maximum Gasteiger partial charge on any atom is 0.234 e. The molecular formula is C19H30N4O4. The predicted octanol–water partition coefficient (Wildman–Crippen LogP) is -0.308. The number of amides is 2. The fourth-order valence-electron chi connectivity index (χ4n) is 2.96. The van der Waals surface area contributed by atoms with E-state index in [4.69, 9.17) is 9.47 Å². The Labute approximate surface area is 160 Å². The number of hydrogen-bond donors (Lipinski definition) is 2. The Bertz CT molecular complexity index is 603. The number of nitrogens with one attached hydrogen (secondary N) is 2. The molecule has 1 aliphatic rings. The standard InChI is InChI=1S/C19H30N4O4/c1-26-12-7-20-18(24)14-22-8-10-23(11-9-22)15-19(25)21-13-16-5-3-4-6-17(16)27-2/h3-6H,7-15H2,1-2H3,(H,20,24)(H,21,25). The van der Waals surface area contributed by atoms with E-state index in [9.17, 15) is 9.59 Å². The normalized spacial score (nSPS) is 15.3. The molecule has 0 atom stereocenters. The van der Waals surface area contributed by atoms with Crippen molar-refractivity contribution in [2.75, 3.05) is 66.6 Å². The molecule has 27 heavy (non-hydrogen) atoms. The monoisotopic (exact) mass is 378 g/mol. The number of ether oxygens (including phenoxy) is 2. The quantitative estimate of drug-likeness (QED) is 0.544. The van der Waals surface area contributed by atoms with Crippen molar-refractivity contribution < 1.29 is 19.1 Å². The van der Waals surface area contributed by atoms with Crippen LogP contribution in [-0.2, 0) is 20.9 Å². The van der Waals surface area contributed by atoms with E-state index in [0.29, 0.717) is 32.8 Å². The highest BCUT2D eigenvalue weighted by Crippen LogP contribution is 2.16. The summed E-state index contributed by atoms with van der Waals surface area (Å²) in [6.45, 7) is 5.34. The highest BCUT2D eigenvalue weighted by atomic mass is 16.5. The number of para-hydroxylation sites is 1. The molecule has 2 amide bonds. The molecule has 150 valence electrons. The summed E-state index contributed by atoms with van der Waals surface area (Å²) in [5.41, 5.74) is 0.956. The lowest BCUT2D eigenvalue weighted by Crippen LogP contribution is -2.51. The molecule has 0 aromatic heterocycles. The summed E-state index contributed by atoms with van der Waals surface area (Å²) in [7, 11) is 3.23. The molecule has 1 fully saturated rings. The molecule has 8 heteroatoms. The molecule has 0 radical (unpaired) electrons. The van der Waals surface area contributed by atoms with Crippen LogP contribution in [0.1, 0.15) is 5.56 Å². The van der Waals surface area contributed by atoms with Gasteiger partial charge < -0.3 is 20.1 Å². The summed E-state index contributed by atoms with van der Waals surface area (Å²) < 4.78 is 10.2. The zero-order valence-electron chi connectivity index (χ0n) is 16.2. The van der Waals surface area contributed by atoms with Crippen LogP contribution >= 0.6 is 0 Å². The fraction of sp³-hybridized carbons (Fsp3) is 0.579. The molecule has 2 rings (SSSR count). The fourth-order valence-corrected chi connectivity index (χ4v) is 2.96. The molecule has 0 aliphatic carbocycles. The Morgan fingerprint density at radius 2 is 1.56 bits per heavy atom. The second kappa shape index (κ2) is 11.5. The van der Waals surface area contributed by atoms with E-state index in [1.807, 2.05) is 24.3 Å². The highest BCUT2D eigenvalue weighted by molar-refractivity contribution is 5.78. The van der Waals surface area contributed by atoms with Crippen LogP contribution in [0.15, 0.2) is 24.3 Å². The van der Waals surface area contributed by atoms with Gasteiger partial charge in [-0.05, 0) is 6.07 Å². The maximum absolute atomic E-state index is 12.2. The molecule has 0 saturated carbocycles. The van der Waals surface area contributed by atoms with Crippen LogP contribution in [0.25, 0.3) is 0 Å². The van der Waals surface area contributed by atoms with Crippen molar-refractivity contribution in [2.45, 2.75) is 6.54 Å². The molecule has 8 nitrogen and oxygen atoms in total. The third-order valence-corrected chi connectivity index (χ3v) is 4.50. The zero-order chi connectivity index (χ0) is 19.5. The lowest BCUT2D eigenvalue weighted by molar-refractivity contribution is -0.125. The minimum absolute atomic E-state index is 0.00772. The Hall–Kier alpha value is -2.16. The van der Waals surface area contributed by atoms with Crippen molar-refractivity contribution in [3.8, 4) is 5.75 Å². The molecule has 1 heterocycles. The Morgan fingerprint density at radius 1 is 0.963 bits per heavy atom. The number of piperazine rings is 1. The lowest BCUT2D eigenvalue weighted by atomic mass is 10.2. The second-order valence-corrected chi connectivity index (χ2v) is 6.48. The molecule has 2 N–H and O–H groups in total. The van der Waals surface area contributed by atoms with Gasteiger partial charge in [-0.25, -0.2) is 0 Å². The van der Waals surface area contributed by atoms with Gasteiger partial charge in [0.25, 0.3) is 0 Å². The van der Waals surface area contributed by atoms with Gasteiger partial charge in [-0.2, -0.15) is 0 Å². The van der Waals surface area contributed by atoms with Gasteiger partial charge in [0.2, 0.25) is 11.8 Å². The molecule has 1 aliphatic heterocycles. The average molecular weight is 378 g/mol. The third-order valence-electron chi connectivity index (χ3n) is 4.50. The molecule has 1 aromatic rings. The minimum Gasteiger partial charge on any atom is -0.496 e. The minimum atomic E-state index is -0.00772. The molecule has 1 aromatic carbocycles. The molecule has 0 spiro atoms. The summed E-state index contributed by atoms with van der Waals surface area (Å²) in [4.78, 5) is 28.2. The van der Waals surface area contributed by atoms with Gasteiger partial charge in [0, 0.05) is 51.9 Å². The number of benzene rings is 1. The first-order valence-corrected chi connectivity index (χ1v) is 9.21.